The van der Waals surface area contributed by atoms with Crippen LogP contribution in [0.1, 0.15) is 12.8 Å². The van der Waals surface area contributed by atoms with Gasteiger partial charge in [0.15, 0.2) is 0 Å². The number of rotatable bonds is 3. The molecule has 14 heavy (non-hydrogen) atoms. The SMILES string of the molecule is O=C(CCl)NC[C@H]1CCCN1C(=O)O. The molecule has 1 rings (SSSR count). The van der Waals surface area contributed by atoms with Crippen LogP contribution in [-0.2, 0) is 4.79 Å². The van der Waals surface area contributed by atoms with Gasteiger partial charge < -0.3 is 15.3 Å². The van der Waals surface area contributed by atoms with Crippen molar-refractivity contribution in [3.63, 3.8) is 0 Å². The van der Waals surface area contributed by atoms with Crippen molar-refractivity contribution in [1.29, 1.82) is 0 Å². The predicted octanol–water partition coefficient (Wildman–Crippen LogP) is 0.484. The molecule has 1 aliphatic heterocycles. The van der Waals surface area contributed by atoms with E-state index in [9.17, 15) is 9.59 Å². The Morgan fingerprint density at radius 2 is 2.29 bits per heavy atom. The molecular weight excluding hydrogens is 208 g/mol. The van der Waals surface area contributed by atoms with Crippen LogP contribution in [0.4, 0.5) is 4.79 Å². The van der Waals surface area contributed by atoms with Crippen molar-refractivity contribution in [1.82, 2.24) is 10.2 Å². The quantitative estimate of drug-likeness (QED) is 0.680. The third-order valence-electron chi connectivity index (χ3n) is 2.28. The summed E-state index contributed by atoms with van der Waals surface area (Å²) in [5.74, 6) is -0.344. The Kier molecular flexibility index (Phi) is 4.00. The molecule has 0 aromatic carbocycles. The summed E-state index contributed by atoms with van der Waals surface area (Å²) in [5, 5.41) is 11.4. The summed E-state index contributed by atoms with van der Waals surface area (Å²) in [7, 11) is 0. The zero-order valence-corrected chi connectivity index (χ0v) is 8.46. The third-order valence-corrected chi connectivity index (χ3v) is 2.52. The zero-order valence-electron chi connectivity index (χ0n) is 7.70. The number of hydrogen-bond acceptors (Lipinski definition) is 2. The number of carboxylic acid groups (broad SMARTS) is 1. The highest BCUT2D eigenvalue weighted by atomic mass is 35.5. The molecule has 0 unspecified atom stereocenters. The number of carbonyl (C=O) groups excluding carboxylic acids is 1. The van der Waals surface area contributed by atoms with Crippen LogP contribution in [0.5, 0.6) is 0 Å². The lowest BCUT2D eigenvalue weighted by atomic mass is 10.2. The molecule has 0 radical (unpaired) electrons. The second kappa shape index (κ2) is 5.05. The minimum Gasteiger partial charge on any atom is -0.465 e. The fourth-order valence-corrected chi connectivity index (χ4v) is 1.67. The van der Waals surface area contributed by atoms with E-state index in [-0.39, 0.29) is 17.8 Å². The standard InChI is InChI=1S/C8H13ClN2O3/c9-4-7(12)10-5-6-2-1-3-11(6)8(13)14/h6H,1-5H2,(H,10,12)(H,13,14)/t6-/m1/s1. The minimum absolute atomic E-state index is 0.0835. The first-order valence-corrected chi connectivity index (χ1v) is 5.01. The van der Waals surface area contributed by atoms with Crippen molar-refractivity contribution in [2.24, 2.45) is 0 Å². The molecule has 1 heterocycles. The Morgan fingerprint density at radius 3 is 2.86 bits per heavy atom. The molecule has 0 aliphatic carbocycles. The molecular formula is C8H13ClN2O3. The summed E-state index contributed by atoms with van der Waals surface area (Å²) < 4.78 is 0. The smallest absolute Gasteiger partial charge is 0.407 e. The van der Waals surface area contributed by atoms with Gasteiger partial charge in [-0.3, -0.25) is 4.79 Å². The van der Waals surface area contributed by atoms with E-state index in [1.807, 2.05) is 0 Å². The van der Waals surface area contributed by atoms with E-state index in [0.29, 0.717) is 13.1 Å². The number of nitrogens with one attached hydrogen (secondary N) is 1. The van der Waals surface area contributed by atoms with Gasteiger partial charge in [0.05, 0.1) is 6.04 Å². The van der Waals surface area contributed by atoms with Gasteiger partial charge in [-0.05, 0) is 12.8 Å². The van der Waals surface area contributed by atoms with E-state index in [4.69, 9.17) is 16.7 Å². The molecule has 0 aromatic rings. The van der Waals surface area contributed by atoms with Crippen LogP contribution >= 0.6 is 11.6 Å². The molecule has 5 nitrogen and oxygen atoms in total. The third kappa shape index (κ3) is 2.77. The van der Waals surface area contributed by atoms with Crippen LogP contribution in [-0.4, -0.2) is 47.0 Å². The normalized spacial score (nSPS) is 20.9. The first-order valence-electron chi connectivity index (χ1n) is 4.47. The fraction of sp³-hybridized carbons (Fsp3) is 0.750. The molecule has 2 N–H and O–H groups in total. The van der Waals surface area contributed by atoms with Crippen molar-refractivity contribution in [2.75, 3.05) is 19.0 Å². The number of carbonyl (C=O) groups is 2. The van der Waals surface area contributed by atoms with Crippen molar-refractivity contribution >= 4 is 23.6 Å². The van der Waals surface area contributed by atoms with Crippen molar-refractivity contribution in [3.8, 4) is 0 Å². The van der Waals surface area contributed by atoms with Crippen molar-refractivity contribution in [2.45, 2.75) is 18.9 Å². The topological polar surface area (TPSA) is 69.6 Å². The molecule has 1 fully saturated rings. The Balaban J connectivity index is 2.36. The molecule has 0 saturated carbocycles. The molecule has 80 valence electrons. The summed E-state index contributed by atoms with van der Waals surface area (Å²) >= 11 is 5.29. The lowest BCUT2D eigenvalue weighted by molar-refractivity contribution is -0.118. The first kappa shape index (κ1) is 11.1. The summed E-state index contributed by atoms with van der Waals surface area (Å²) in [4.78, 5) is 22.9. The average molecular weight is 221 g/mol. The second-order valence-electron chi connectivity index (χ2n) is 3.21. The van der Waals surface area contributed by atoms with E-state index < -0.39 is 6.09 Å². The van der Waals surface area contributed by atoms with Gasteiger partial charge in [-0.1, -0.05) is 0 Å². The van der Waals surface area contributed by atoms with E-state index in [0.717, 1.165) is 12.8 Å². The number of hydrogen-bond donors (Lipinski definition) is 2. The molecule has 0 bridgehead atoms. The highest BCUT2D eigenvalue weighted by Crippen LogP contribution is 2.16. The van der Waals surface area contributed by atoms with Crippen LogP contribution < -0.4 is 5.32 Å². The molecule has 1 saturated heterocycles. The molecule has 0 aromatic heterocycles. The second-order valence-corrected chi connectivity index (χ2v) is 3.48. The molecule has 0 spiro atoms. The van der Waals surface area contributed by atoms with Crippen molar-refractivity contribution < 1.29 is 14.7 Å². The highest BCUT2D eigenvalue weighted by molar-refractivity contribution is 6.27. The van der Waals surface area contributed by atoms with Crippen molar-refractivity contribution in [3.05, 3.63) is 0 Å². The maximum atomic E-state index is 10.8. The van der Waals surface area contributed by atoms with Gasteiger partial charge in [0.1, 0.15) is 5.88 Å². The number of amides is 2. The van der Waals surface area contributed by atoms with Gasteiger partial charge >= 0.3 is 6.09 Å². The molecule has 1 atom stereocenters. The Bertz CT molecular complexity index is 235. The number of halogens is 1. The Labute approximate surface area is 87.0 Å². The molecule has 2 amide bonds. The predicted molar refractivity (Wildman–Crippen MR) is 51.5 cm³/mol. The van der Waals surface area contributed by atoms with Gasteiger partial charge in [-0.2, -0.15) is 0 Å². The van der Waals surface area contributed by atoms with Gasteiger partial charge in [-0.15, -0.1) is 11.6 Å². The summed E-state index contributed by atoms with van der Waals surface area (Å²) in [6.45, 7) is 0.911. The van der Waals surface area contributed by atoms with Gasteiger partial charge in [0, 0.05) is 13.1 Å². The van der Waals surface area contributed by atoms with E-state index in [1.54, 1.807) is 0 Å². The number of nitrogens with zero attached hydrogens (tertiary/aromatic N) is 1. The molecule has 6 heteroatoms. The summed E-state index contributed by atoms with van der Waals surface area (Å²) in [5.41, 5.74) is 0. The van der Waals surface area contributed by atoms with Crippen LogP contribution in [0.3, 0.4) is 0 Å². The monoisotopic (exact) mass is 220 g/mol. The average Bonchev–Trinajstić information content (AvgIpc) is 2.62. The fourth-order valence-electron chi connectivity index (χ4n) is 1.58. The van der Waals surface area contributed by atoms with Crippen LogP contribution in [0.15, 0.2) is 0 Å². The summed E-state index contributed by atoms with van der Waals surface area (Å²) in [6.07, 6.45) is 0.732. The van der Waals surface area contributed by atoms with E-state index in [2.05, 4.69) is 5.32 Å². The first-order chi connectivity index (χ1) is 6.65. The van der Waals surface area contributed by atoms with Gasteiger partial charge in [0.25, 0.3) is 0 Å². The van der Waals surface area contributed by atoms with E-state index >= 15 is 0 Å². The van der Waals surface area contributed by atoms with Crippen LogP contribution in [0.2, 0.25) is 0 Å². The highest BCUT2D eigenvalue weighted by Gasteiger charge is 2.28. The zero-order chi connectivity index (χ0) is 10.6. The Hall–Kier alpha value is -0.970. The minimum atomic E-state index is -0.923. The Morgan fingerprint density at radius 1 is 1.57 bits per heavy atom. The van der Waals surface area contributed by atoms with Crippen LogP contribution in [0.25, 0.3) is 0 Å². The van der Waals surface area contributed by atoms with E-state index in [1.165, 1.54) is 4.90 Å². The van der Waals surface area contributed by atoms with Crippen LogP contribution in [0, 0.1) is 0 Å². The largest absolute Gasteiger partial charge is 0.465 e. The lowest BCUT2D eigenvalue weighted by Gasteiger charge is -2.21. The maximum Gasteiger partial charge on any atom is 0.407 e. The van der Waals surface area contributed by atoms with Gasteiger partial charge in [-0.25, -0.2) is 4.79 Å². The lowest BCUT2D eigenvalue weighted by Crippen LogP contribution is -2.42. The summed E-state index contributed by atoms with van der Waals surface area (Å²) in [6, 6.07) is -0.0975. The maximum absolute atomic E-state index is 10.8. The number of alkyl halides is 1. The molecule has 1 aliphatic rings. The van der Waals surface area contributed by atoms with Gasteiger partial charge in [0.2, 0.25) is 5.91 Å². The number of likely N-dealkylation sites (tertiary alicyclic amines) is 1.